The molecule has 0 spiro atoms. The lowest BCUT2D eigenvalue weighted by molar-refractivity contribution is 0.210. The molecule has 0 saturated heterocycles. The van der Waals surface area contributed by atoms with Crippen LogP contribution >= 0.6 is 0 Å². The molecule has 0 atom stereocenters. The summed E-state index contributed by atoms with van der Waals surface area (Å²) in [6.07, 6.45) is 0. The zero-order valence-electron chi connectivity index (χ0n) is 5.95. The maximum atomic E-state index is 8.83. The lowest BCUT2D eigenvalue weighted by Gasteiger charge is -1.99. The first-order valence-electron chi connectivity index (χ1n) is 3.15. The van der Waals surface area contributed by atoms with Crippen molar-refractivity contribution in [3.05, 3.63) is 48.6 Å². The molecule has 1 N–H and O–H groups in total. The van der Waals surface area contributed by atoms with Gasteiger partial charge in [-0.05, 0) is 24.4 Å². The molecule has 0 aromatic heterocycles. The van der Waals surface area contributed by atoms with E-state index in [4.69, 9.17) is 9.84 Å². The average molecular weight is 148 g/mol. The van der Waals surface area contributed by atoms with E-state index in [1.165, 1.54) is 0 Å². The minimum atomic E-state index is -0.309. The number of aliphatic hydroxyl groups is 1. The zero-order valence-corrected chi connectivity index (χ0v) is 5.95. The smallest absolute Gasteiger partial charge is 0.330 e. The predicted octanol–water partition coefficient (Wildman–Crippen LogP) is 2.25. The molecule has 1 aromatic rings. The summed E-state index contributed by atoms with van der Waals surface area (Å²) in [7, 11) is 0. The highest BCUT2D eigenvalue weighted by Crippen LogP contribution is 2.10. The van der Waals surface area contributed by atoms with E-state index in [0.717, 1.165) is 0 Å². The summed E-state index contributed by atoms with van der Waals surface area (Å²) in [5, 5.41) is 8.83. The SMILES string of the molecule is C=C=C(O)Oc1ccccc1. The lowest BCUT2D eigenvalue weighted by Crippen LogP contribution is -1.90. The second-order valence-electron chi connectivity index (χ2n) is 1.90. The van der Waals surface area contributed by atoms with Crippen LogP contribution in [0.25, 0.3) is 0 Å². The van der Waals surface area contributed by atoms with Crippen molar-refractivity contribution < 1.29 is 9.84 Å². The number of hydrogen-bond donors (Lipinski definition) is 1. The fraction of sp³-hybridized carbons (Fsp3) is 0. The molecule has 0 bridgehead atoms. The third-order valence-electron chi connectivity index (χ3n) is 1.11. The van der Waals surface area contributed by atoms with Crippen molar-refractivity contribution in [1.29, 1.82) is 0 Å². The van der Waals surface area contributed by atoms with E-state index in [1.54, 1.807) is 12.1 Å². The normalized spacial score (nSPS) is 8.36. The van der Waals surface area contributed by atoms with Crippen LogP contribution in [0.15, 0.2) is 48.6 Å². The van der Waals surface area contributed by atoms with Gasteiger partial charge in [0.05, 0.1) is 0 Å². The molecule has 0 unspecified atom stereocenters. The molecule has 0 heterocycles. The minimum Gasteiger partial charge on any atom is -0.475 e. The number of aliphatic hydroxyl groups excluding tert-OH is 1. The Morgan fingerprint density at radius 3 is 2.55 bits per heavy atom. The monoisotopic (exact) mass is 148 g/mol. The summed E-state index contributed by atoms with van der Waals surface area (Å²) in [5.74, 6) is 0.261. The van der Waals surface area contributed by atoms with Crippen LogP contribution in [0, 0.1) is 0 Å². The molecule has 1 rings (SSSR count). The first-order valence-corrected chi connectivity index (χ1v) is 3.15. The van der Waals surface area contributed by atoms with Crippen LogP contribution in [0.1, 0.15) is 0 Å². The van der Waals surface area contributed by atoms with Gasteiger partial charge in [0.2, 0.25) is 0 Å². The van der Waals surface area contributed by atoms with E-state index < -0.39 is 0 Å². The molecule has 0 aliphatic carbocycles. The van der Waals surface area contributed by atoms with Gasteiger partial charge in [-0.1, -0.05) is 18.2 Å². The molecule has 0 saturated carbocycles. The topological polar surface area (TPSA) is 29.5 Å². The van der Waals surface area contributed by atoms with E-state index in [2.05, 4.69) is 12.3 Å². The molecule has 0 aliphatic heterocycles. The van der Waals surface area contributed by atoms with Gasteiger partial charge in [0.15, 0.2) is 0 Å². The molecular weight excluding hydrogens is 140 g/mol. The summed E-state index contributed by atoms with van der Waals surface area (Å²) in [6.45, 7) is 3.22. The summed E-state index contributed by atoms with van der Waals surface area (Å²) in [5.41, 5.74) is 2.21. The Bertz CT molecular complexity index is 271. The molecule has 0 radical (unpaired) electrons. The van der Waals surface area contributed by atoms with Crippen LogP contribution in [0.5, 0.6) is 5.75 Å². The Morgan fingerprint density at radius 2 is 2.00 bits per heavy atom. The summed E-state index contributed by atoms with van der Waals surface area (Å²) >= 11 is 0. The van der Waals surface area contributed by atoms with Crippen molar-refractivity contribution in [2.45, 2.75) is 0 Å². The minimum absolute atomic E-state index is 0.309. The van der Waals surface area contributed by atoms with Gasteiger partial charge >= 0.3 is 5.95 Å². The van der Waals surface area contributed by atoms with Crippen LogP contribution in [0.2, 0.25) is 0 Å². The van der Waals surface area contributed by atoms with Gasteiger partial charge in [-0.15, -0.1) is 0 Å². The summed E-state index contributed by atoms with van der Waals surface area (Å²) in [6, 6.07) is 8.94. The fourth-order valence-corrected chi connectivity index (χ4v) is 0.636. The number of hydrogen-bond acceptors (Lipinski definition) is 2. The standard InChI is InChI=1S/C9H8O2/c1-2-9(10)11-8-6-4-3-5-7-8/h3-7,10H,1H2. The third-order valence-corrected chi connectivity index (χ3v) is 1.11. The predicted molar refractivity (Wildman–Crippen MR) is 42.4 cm³/mol. The van der Waals surface area contributed by atoms with Gasteiger partial charge < -0.3 is 9.84 Å². The van der Waals surface area contributed by atoms with Crippen molar-refractivity contribution in [2.24, 2.45) is 0 Å². The largest absolute Gasteiger partial charge is 0.475 e. The number of benzene rings is 1. The zero-order chi connectivity index (χ0) is 8.10. The van der Waals surface area contributed by atoms with Gasteiger partial charge in [-0.3, -0.25) is 0 Å². The number of ether oxygens (including phenoxy) is 1. The molecule has 2 nitrogen and oxygen atoms in total. The summed E-state index contributed by atoms with van der Waals surface area (Å²) < 4.78 is 4.86. The van der Waals surface area contributed by atoms with Crippen LogP contribution in [-0.2, 0) is 0 Å². The van der Waals surface area contributed by atoms with Gasteiger partial charge in [0, 0.05) is 0 Å². The van der Waals surface area contributed by atoms with Gasteiger partial charge in [0.25, 0.3) is 0 Å². The van der Waals surface area contributed by atoms with Crippen molar-refractivity contribution in [1.82, 2.24) is 0 Å². The molecule has 0 amide bonds. The Balaban J connectivity index is 2.73. The van der Waals surface area contributed by atoms with E-state index in [0.29, 0.717) is 5.75 Å². The maximum absolute atomic E-state index is 8.83. The molecule has 2 heteroatoms. The van der Waals surface area contributed by atoms with Gasteiger partial charge in [-0.2, -0.15) is 0 Å². The van der Waals surface area contributed by atoms with E-state index in [-0.39, 0.29) is 5.95 Å². The molecule has 0 fully saturated rings. The Kier molecular flexibility index (Phi) is 2.37. The highest BCUT2D eigenvalue weighted by Gasteiger charge is 1.92. The van der Waals surface area contributed by atoms with Crippen molar-refractivity contribution >= 4 is 0 Å². The Morgan fingerprint density at radius 1 is 1.36 bits per heavy atom. The highest BCUT2D eigenvalue weighted by molar-refractivity contribution is 5.22. The summed E-state index contributed by atoms with van der Waals surface area (Å²) in [4.78, 5) is 0. The van der Waals surface area contributed by atoms with Crippen molar-refractivity contribution in [2.75, 3.05) is 0 Å². The number of rotatable bonds is 2. The quantitative estimate of drug-likeness (QED) is 0.514. The van der Waals surface area contributed by atoms with Crippen LogP contribution in [0.3, 0.4) is 0 Å². The molecule has 1 aromatic carbocycles. The second-order valence-corrected chi connectivity index (χ2v) is 1.90. The maximum Gasteiger partial charge on any atom is 0.330 e. The Labute approximate surface area is 65.1 Å². The van der Waals surface area contributed by atoms with Gasteiger partial charge in [-0.25, -0.2) is 0 Å². The Hall–Kier alpha value is -1.66. The molecule has 11 heavy (non-hydrogen) atoms. The van der Waals surface area contributed by atoms with Crippen LogP contribution in [-0.4, -0.2) is 5.11 Å². The first-order chi connectivity index (χ1) is 5.33. The van der Waals surface area contributed by atoms with Crippen molar-refractivity contribution in [3.8, 4) is 5.75 Å². The highest BCUT2D eigenvalue weighted by atomic mass is 16.6. The van der Waals surface area contributed by atoms with Gasteiger partial charge in [0.1, 0.15) is 5.75 Å². The lowest BCUT2D eigenvalue weighted by atomic mass is 10.3. The third kappa shape index (κ3) is 2.20. The molecular formula is C9H8O2. The van der Waals surface area contributed by atoms with Crippen LogP contribution < -0.4 is 4.74 Å². The van der Waals surface area contributed by atoms with E-state index in [9.17, 15) is 0 Å². The molecule has 56 valence electrons. The van der Waals surface area contributed by atoms with E-state index >= 15 is 0 Å². The number of para-hydroxylation sites is 1. The van der Waals surface area contributed by atoms with Crippen molar-refractivity contribution in [3.63, 3.8) is 0 Å². The average Bonchev–Trinajstić information content (AvgIpc) is 2.06. The van der Waals surface area contributed by atoms with Crippen LogP contribution in [0.4, 0.5) is 0 Å². The fourth-order valence-electron chi connectivity index (χ4n) is 0.636. The molecule has 0 aliphatic rings. The van der Waals surface area contributed by atoms with E-state index in [1.807, 2.05) is 18.2 Å². The first kappa shape index (κ1) is 7.45. The second kappa shape index (κ2) is 3.49.